The van der Waals surface area contributed by atoms with Crippen molar-refractivity contribution in [2.24, 2.45) is 0 Å². The summed E-state index contributed by atoms with van der Waals surface area (Å²) in [5.41, 5.74) is 1.61. The van der Waals surface area contributed by atoms with Gasteiger partial charge in [-0.1, -0.05) is 30.3 Å². The van der Waals surface area contributed by atoms with E-state index in [-0.39, 0.29) is 25.9 Å². The van der Waals surface area contributed by atoms with Crippen LogP contribution in [0, 0.1) is 0 Å². The predicted molar refractivity (Wildman–Crippen MR) is 128 cm³/mol. The minimum atomic E-state index is -3.75. The van der Waals surface area contributed by atoms with E-state index < -0.39 is 16.1 Å². The lowest BCUT2D eigenvalue weighted by Gasteiger charge is -2.36. The van der Waals surface area contributed by atoms with Crippen molar-refractivity contribution in [3.8, 4) is 0 Å². The number of carbonyl (C=O) groups is 1. The number of sulfonamides is 1. The molecule has 0 radical (unpaired) electrons. The molecule has 0 aliphatic carbocycles. The lowest BCUT2D eigenvalue weighted by molar-refractivity contribution is -0.133. The summed E-state index contributed by atoms with van der Waals surface area (Å²) in [5.74, 6) is 0.121. The van der Waals surface area contributed by atoms with E-state index in [4.69, 9.17) is 0 Å². The number of benzene rings is 2. The fraction of sp³-hybridized carbons (Fsp3) is 0.261. The van der Waals surface area contributed by atoms with Crippen molar-refractivity contribution in [3.63, 3.8) is 0 Å². The summed E-state index contributed by atoms with van der Waals surface area (Å²) in [5, 5.41) is 10.3. The number of nitrogens with one attached hydrogen (secondary N) is 1. The van der Waals surface area contributed by atoms with Gasteiger partial charge in [0.15, 0.2) is 0 Å². The van der Waals surface area contributed by atoms with E-state index in [1.54, 1.807) is 29.2 Å². The van der Waals surface area contributed by atoms with E-state index in [9.17, 15) is 18.3 Å². The topological polar surface area (TPSA) is 116 Å². The predicted octanol–water partition coefficient (Wildman–Crippen LogP) is 2.54. The number of nitrogens with zero attached hydrogens (tertiary/aromatic N) is 4. The molecule has 1 atom stereocenters. The van der Waals surface area contributed by atoms with Gasteiger partial charge in [-0.3, -0.25) is 9.52 Å². The SMILES string of the molecule is O=C(C[C@@H](O)c1ccccc1)N1CCN(c2ccc(S(=O)(=O)Nc3ccncn3)cc2)CC1.[HH].[HH]. The van der Waals surface area contributed by atoms with Crippen molar-refractivity contribution < 1.29 is 21.2 Å². The van der Waals surface area contributed by atoms with Crippen LogP contribution in [0.5, 0.6) is 0 Å². The molecule has 33 heavy (non-hydrogen) atoms. The first-order valence-corrected chi connectivity index (χ1v) is 12.1. The molecule has 1 fully saturated rings. The van der Waals surface area contributed by atoms with Gasteiger partial charge in [0.05, 0.1) is 17.4 Å². The normalized spacial score (nSPS) is 15.2. The Balaban J connectivity index is 0.00000216. The molecule has 2 N–H and O–H groups in total. The highest BCUT2D eigenvalue weighted by Gasteiger charge is 2.24. The van der Waals surface area contributed by atoms with Crippen LogP contribution in [0.25, 0.3) is 0 Å². The van der Waals surface area contributed by atoms with Crippen LogP contribution < -0.4 is 9.62 Å². The van der Waals surface area contributed by atoms with Crippen LogP contribution in [0.3, 0.4) is 0 Å². The van der Waals surface area contributed by atoms with Crippen LogP contribution in [0.1, 0.15) is 20.9 Å². The van der Waals surface area contributed by atoms with E-state index in [0.29, 0.717) is 26.2 Å². The van der Waals surface area contributed by atoms with Gasteiger partial charge in [-0.25, -0.2) is 18.4 Å². The second-order valence-electron chi connectivity index (χ2n) is 7.69. The third kappa shape index (κ3) is 5.65. The number of carbonyl (C=O) groups excluding carboxylic acids is 1. The van der Waals surface area contributed by atoms with Gasteiger partial charge in [-0.2, -0.15) is 0 Å². The summed E-state index contributed by atoms with van der Waals surface area (Å²) in [6.07, 6.45) is 1.96. The maximum atomic E-state index is 12.6. The third-order valence-electron chi connectivity index (χ3n) is 5.52. The van der Waals surface area contributed by atoms with Gasteiger partial charge in [0.25, 0.3) is 10.0 Å². The molecule has 1 aliphatic rings. The molecule has 1 amide bonds. The second-order valence-corrected chi connectivity index (χ2v) is 9.37. The van der Waals surface area contributed by atoms with Crippen molar-refractivity contribution in [2.45, 2.75) is 17.4 Å². The Morgan fingerprint density at radius 2 is 1.73 bits per heavy atom. The number of aromatic nitrogens is 2. The minimum Gasteiger partial charge on any atom is -0.388 e. The monoisotopic (exact) mass is 471 g/mol. The molecule has 4 rings (SSSR count). The average molecular weight is 472 g/mol. The Hall–Kier alpha value is -3.50. The van der Waals surface area contributed by atoms with Crippen LogP contribution in [-0.4, -0.2) is 60.5 Å². The molecule has 3 aromatic rings. The maximum absolute atomic E-state index is 12.6. The van der Waals surface area contributed by atoms with E-state index in [0.717, 1.165) is 11.3 Å². The van der Waals surface area contributed by atoms with Crippen LogP contribution in [-0.2, 0) is 14.8 Å². The molecule has 176 valence electrons. The lowest BCUT2D eigenvalue weighted by atomic mass is 10.1. The van der Waals surface area contributed by atoms with Gasteiger partial charge in [0.1, 0.15) is 12.1 Å². The Labute approximate surface area is 195 Å². The summed E-state index contributed by atoms with van der Waals surface area (Å²) in [6.45, 7) is 2.32. The average Bonchev–Trinajstić information content (AvgIpc) is 2.85. The maximum Gasteiger partial charge on any atom is 0.263 e. The largest absolute Gasteiger partial charge is 0.388 e. The van der Waals surface area contributed by atoms with Crippen LogP contribution in [0.2, 0.25) is 0 Å². The zero-order valence-electron chi connectivity index (χ0n) is 17.9. The molecule has 2 heterocycles. The number of anilines is 2. The van der Waals surface area contributed by atoms with Gasteiger partial charge < -0.3 is 14.9 Å². The van der Waals surface area contributed by atoms with Gasteiger partial charge in [0.2, 0.25) is 5.91 Å². The lowest BCUT2D eigenvalue weighted by Crippen LogP contribution is -2.49. The molecular weight excluding hydrogens is 442 g/mol. The number of aliphatic hydroxyl groups is 1. The number of aliphatic hydroxyl groups excluding tert-OH is 1. The summed E-state index contributed by atoms with van der Waals surface area (Å²) >= 11 is 0. The minimum absolute atomic E-state index is 0. The molecule has 10 heteroatoms. The molecule has 0 bridgehead atoms. The zero-order chi connectivity index (χ0) is 23.3. The van der Waals surface area contributed by atoms with Crippen molar-refractivity contribution in [1.29, 1.82) is 0 Å². The molecular formula is C23H29N5O4S. The fourth-order valence-electron chi connectivity index (χ4n) is 3.69. The third-order valence-corrected chi connectivity index (χ3v) is 6.89. The molecule has 9 nitrogen and oxygen atoms in total. The Kier molecular flexibility index (Phi) is 6.85. The van der Waals surface area contributed by atoms with Crippen molar-refractivity contribution in [2.75, 3.05) is 35.8 Å². The van der Waals surface area contributed by atoms with Gasteiger partial charge >= 0.3 is 0 Å². The van der Waals surface area contributed by atoms with Crippen LogP contribution in [0.4, 0.5) is 11.5 Å². The fourth-order valence-corrected chi connectivity index (χ4v) is 4.69. The second kappa shape index (κ2) is 9.97. The van der Waals surface area contributed by atoms with Crippen LogP contribution in [0.15, 0.2) is 78.1 Å². The Morgan fingerprint density at radius 1 is 1.03 bits per heavy atom. The van der Waals surface area contributed by atoms with Crippen molar-refractivity contribution >= 4 is 27.4 Å². The summed E-state index contributed by atoms with van der Waals surface area (Å²) in [4.78, 5) is 24.2. The molecule has 0 spiro atoms. The molecule has 2 aromatic carbocycles. The van der Waals surface area contributed by atoms with Gasteiger partial charge in [-0.05, 0) is 35.9 Å². The first-order chi connectivity index (χ1) is 15.9. The van der Waals surface area contributed by atoms with E-state index in [1.807, 2.05) is 30.3 Å². The summed E-state index contributed by atoms with van der Waals surface area (Å²) < 4.78 is 27.5. The first-order valence-electron chi connectivity index (χ1n) is 10.6. The highest BCUT2D eigenvalue weighted by atomic mass is 32.2. The number of rotatable bonds is 7. The molecule has 1 saturated heterocycles. The van der Waals surface area contributed by atoms with Crippen molar-refractivity contribution in [1.82, 2.24) is 14.9 Å². The van der Waals surface area contributed by atoms with Gasteiger partial charge in [-0.15, -0.1) is 0 Å². The van der Waals surface area contributed by atoms with E-state index in [1.165, 1.54) is 18.6 Å². The van der Waals surface area contributed by atoms with Crippen LogP contribution >= 0.6 is 0 Å². The summed E-state index contributed by atoms with van der Waals surface area (Å²) in [7, 11) is -3.75. The first kappa shape index (κ1) is 22.7. The smallest absolute Gasteiger partial charge is 0.263 e. The van der Waals surface area contributed by atoms with Crippen molar-refractivity contribution in [3.05, 3.63) is 78.8 Å². The molecule has 0 unspecified atom stereocenters. The molecule has 0 saturated carbocycles. The summed E-state index contributed by atoms with van der Waals surface area (Å²) in [6, 6.07) is 17.2. The number of hydrogen-bond acceptors (Lipinski definition) is 7. The number of hydrogen-bond donors (Lipinski definition) is 2. The quantitative estimate of drug-likeness (QED) is 0.544. The molecule has 1 aliphatic heterocycles. The highest BCUT2D eigenvalue weighted by molar-refractivity contribution is 7.92. The highest BCUT2D eigenvalue weighted by Crippen LogP contribution is 2.22. The van der Waals surface area contributed by atoms with E-state index >= 15 is 0 Å². The standard InChI is InChI=1S/C23H25N5O4S.2H2/c29-21(18-4-2-1-3-5-18)16-23(30)28-14-12-27(13-15-28)19-6-8-20(9-7-19)33(31,32)26-22-10-11-24-17-25-22;;/h1-11,17,21,29H,12-16H2,(H,24,25,26);2*1H/t21-;;/m1../s1. The van der Waals surface area contributed by atoms with E-state index in [2.05, 4.69) is 19.6 Å². The van der Waals surface area contributed by atoms with Gasteiger partial charge in [0, 0.05) is 40.9 Å². The molecule has 1 aromatic heterocycles. The Bertz CT molecular complexity index is 1180. The zero-order valence-corrected chi connectivity index (χ0v) is 18.7. The number of piperazine rings is 1. The Morgan fingerprint density at radius 3 is 2.36 bits per heavy atom. The number of amides is 1.